The number of benzene rings is 1. The van der Waals surface area contributed by atoms with Crippen molar-refractivity contribution in [2.45, 2.75) is 50.5 Å². The normalized spacial score (nSPS) is 19.0. The molecule has 1 aliphatic carbocycles. The van der Waals surface area contributed by atoms with Crippen LogP contribution in [0.3, 0.4) is 0 Å². The molecule has 1 aliphatic heterocycles. The third-order valence-electron chi connectivity index (χ3n) is 6.12. The van der Waals surface area contributed by atoms with E-state index in [1.54, 1.807) is 31.3 Å². The Bertz CT molecular complexity index is 906. The lowest BCUT2D eigenvalue weighted by Crippen LogP contribution is -2.39. The summed E-state index contributed by atoms with van der Waals surface area (Å²) >= 11 is 5.88. The summed E-state index contributed by atoms with van der Waals surface area (Å²) in [5.41, 5.74) is 0.764. The van der Waals surface area contributed by atoms with Gasteiger partial charge in [0.2, 0.25) is 5.91 Å². The van der Waals surface area contributed by atoms with Gasteiger partial charge in [0, 0.05) is 29.7 Å². The molecule has 2 fully saturated rings. The molecule has 1 amide bonds. The van der Waals surface area contributed by atoms with Crippen LogP contribution in [0, 0.1) is 0 Å². The second-order valence-corrected chi connectivity index (χ2v) is 8.61. The number of likely N-dealkylation sites (tertiary alicyclic amines) is 1. The van der Waals surface area contributed by atoms with E-state index in [-0.39, 0.29) is 17.5 Å². The van der Waals surface area contributed by atoms with E-state index in [2.05, 4.69) is 15.3 Å². The molecule has 2 heterocycles. The molecule has 8 heteroatoms. The Labute approximate surface area is 175 Å². The number of nitrogens with zero attached hydrogens (tertiary/aromatic N) is 4. The minimum Gasteiger partial charge on any atom is -0.325 e. The van der Waals surface area contributed by atoms with Crippen LogP contribution < -0.4 is 11.0 Å². The van der Waals surface area contributed by atoms with Crippen molar-refractivity contribution < 1.29 is 4.79 Å². The van der Waals surface area contributed by atoms with Gasteiger partial charge >= 0.3 is 5.69 Å². The number of hydrogen-bond acceptors (Lipinski definition) is 4. The second kappa shape index (κ2) is 8.71. The molecule has 1 N–H and O–H groups in total. The van der Waals surface area contributed by atoms with Crippen LogP contribution in [0.5, 0.6) is 0 Å². The number of carbonyl (C=O) groups excluding carboxylic acids is 1. The van der Waals surface area contributed by atoms with Crippen LogP contribution in [0.4, 0.5) is 5.69 Å². The molecule has 7 nitrogen and oxygen atoms in total. The van der Waals surface area contributed by atoms with Crippen molar-refractivity contribution in [3.63, 3.8) is 0 Å². The minimum absolute atomic E-state index is 0.0108. The maximum absolute atomic E-state index is 12.6. The van der Waals surface area contributed by atoms with E-state index in [4.69, 9.17) is 11.6 Å². The number of aryl methyl sites for hydroxylation is 1. The number of hydrogen-bond donors (Lipinski definition) is 1. The van der Waals surface area contributed by atoms with Crippen LogP contribution in [0.1, 0.15) is 56.3 Å². The SMILES string of the molecule is Cn1nc(C2CCN(CC(=O)Nc3ccc(Cl)cc3)CC2)n(C2CCCC2)c1=O. The molecular formula is C21H28ClN5O2. The summed E-state index contributed by atoms with van der Waals surface area (Å²) < 4.78 is 3.44. The van der Waals surface area contributed by atoms with Gasteiger partial charge in [0.25, 0.3) is 0 Å². The fourth-order valence-electron chi connectivity index (χ4n) is 4.57. The van der Waals surface area contributed by atoms with Crippen LogP contribution in [0.25, 0.3) is 0 Å². The zero-order valence-electron chi connectivity index (χ0n) is 16.8. The Morgan fingerprint density at radius 1 is 1.14 bits per heavy atom. The molecule has 29 heavy (non-hydrogen) atoms. The summed E-state index contributed by atoms with van der Waals surface area (Å²) in [6.45, 7) is 2.02. The number of halogens is 1. The average Bonchev–Trinajstić information content (AvgIpc) is 3.33. The van der Waals surface area contributed by atoms with E-state index in [1.165, 1.54) is 17.5 Å². The molecule has 0 unspecified atom stereocenters. The van der Waals surface area contributed by atoms with Crippen molar-refractivity contribution in [1.82, 2.24) is 19.2 Å². The van der Waals surface area contributed by atoms with E-state index >= 15 is 0 Å². The lowest BCUT2D eigenvalue weighted by atomic mass is 9.95. The fraction of sp³-hybridized carbons (Fsp3) is 0.571. The highest BCUT2D eigenvalue weighted by Crippen LogP contribution is 2.33. The van der Waals surface area contributed by atoms with E-state index < -0.39 is 0 Å². The monoisotopic (exact) mass is 417 g/mol. The zero-order chi connectivity index (χ0) is 20.4. The van der Waals surface area contributed by atoms with Gasteiger partial charge in [0.05, 0.1) is 6.54 Å². The van der Waals surface area contributed by atoms with Crippen LogP contribution in [-0.4, -0.2) is 44.8 Å². The summed E-state index contributed by atoms with van der Waals surface area (Å²) in [5.74, 6) is 1.20. The van der Waals surface area contributed by atoms with Gasteiger partial charge in [-0.1, -0.05) is 24.4 Å². The first-order valence-electron chi connectivity index (χ1n) is 10.4. The van der Waals surface area contributed by atoms with Crippen molar-refractivity contribution in [3.05, 3.63) is 45.6 Å². The van der Waals surface area contributed by atoms with E-state index in [1.807, 2.05) is 4.57 Å². The van der Waals surface area contributed by atoms with Crippen molar-refractivity contribution in [2.24, 2.45) is 7.05 Å². The molecule has 0 spiro atoms. The van der Waals surface area contributed by atoms with E-state index in [9.17, 15) is 9.59 Å². The Kier molecular flexibility index (Phi) is 6.06. The van der Waals surface area contributed by atoms with Gasteiger partial charge in [-0.3, -0.25) is 14.3 Å². The Balaban J connectivity index is 1.35. The highest BCUT2D eigenvalue weighted by atomic mass is 35.5. The number of aromatic nitrogens is 3. The molecule has 2 aliphatic rings. The second-order valence-electron chi connectivity index (χ2n) is 8.18. The zero-order valence-corrected chi connectivity index (χ0v) is 17.6. The molecule has 1 saturated heterocycles. The number of anilines is 1. The van der Waals surface area contributed by atoms with Crippen LogP contribution >= 0.6 is 11.6 Å². The number of nitrogens with one attached hydrogen (secondary N) is 1. The molecule has 4 rings (SSSR count). The Morgan fingerprint density at radius 2 is 1.79 bits per heavy atom. The van der Waals surface area contributed by atoms with Gasteiger partial charge in [-0.2, -0.15) is 5.10 Å². The third-order valence-corrected chi connectivity index (χ3v) is 6.37. The van der Waals surface area contributed by atoms with Crippen LogP contribution in [-0.2, 0) is 11.8 Å². The summed E-state index contributed by atoms with van der Waals surface area (Å²) in [6.07, 6.45) is 6.35. The van der Waals surface area contributed by atoms with E-state index in [0.717, 1.165) is 50.3 Å². The molecule has 0 bridgehead atoms. The molecule has 0 radical (unpaired) electrons. The lowest BCUT2D eigenvalue weighted by Gasteiger charge is -2.31. The van der Waals surface area contributed by atoms with Gasteiger partial charge < -0.3 is 5.32 Å². The Hall–Kier alpha value is -2.12. The third kappa shape index (κ3) is 4.56. The van der Waals surface area contributed by atoms with Gasteiger partial charge in [-0.25, -0.2) is 9.48 Å². The van der Waals surface area contributed by atoms with Crippen molar-refractivity contribution in [3.8, 4) is 0 Å². The standard InChI is InChI=1S/C21H28ClN5O2/c1-25-21(29)27(18-4-2-3-5-18)20(24-25)15-10-12-26(13-11-15)14-19(28)23-17-8-6-16(22)7-9-17/h6-9,15,18H,2-5,10-14H2,1H3,(H,23,28). The fourth-order valence-corrected chi connectivity index (χ4v) is 4.69. The van der Waals surface area contributed by atoms with Crippen LogP contribution in [0.15, 0.2) is 29.1 Å². The van der Waals surface area contributed by atoms with Crippen LogP contribution in [0.2, 0.25) is 5.02 Å². The molecular weight excluding hydrogens is 390 g/mol. The summed E-state index contributed by atoms with van der Waals surface area (Å²) in [5, 5.41) is 8.15. The summed E-state index contributed by atoms with van der Waals surface area (Å²) in [4.78, 5) is 27.1. The minimum atomic E-state index is -0.0218. The van der Waals surface area contributed by atoms with Gasteiger partial charge in [-0.15, -0.1) is 0 Å². The maximum Gasteiger partial charge on any atom is 0.345 e. The number of rotatable bonds is 5. The van der Waals surface area contributed by atoms with Crippen molar-refractivity contribution >= 4 is 23.2 Å². The van der Waals surface area contributed by atoms with Gasteiger partial charge in [0.1, 0.15) is 5.82 Å². The quantitative estimate of drug-likeness (QED) is 0.811. The van der Waals surface area contributed by atoms with Gasteiger partial charge in [0.15, 0.2) is 0 Å². The number of carbonyl (C=O) groups is 1. The first-order valence-corrected chi connectivity index (χ1v) is 10.8. The topological polar surface area (TPSA) is 72.2 Å². The van der Waals surface area contributed by atoms with Crippen molar-refractivity contribution in [1.29, 1.82) is 0 Å². The average molecular weight is 418 g/mol. The van der Waals surface area contributed by atoms with Gasteiger partial charge in [-0.05, 0) is 63.0 Å². The molecule has 1 aromatic heterocycles. The first kappa shape index (κ1) is 20.2. The largest absolute Gasteiger partial charge is 0.345 e. The lowest BCUT2D eigenvalue weighted by molar-refractivity contribution is -0.117. The first-order chi connectivity index (χ1) is 14.0. The predicted octanol–water partition coefficient (Wildman–Crippen LogP) is 3.17. The molecule has 0 atom stereocenters. The predicted molar refractivity (Wildman–Crippen MR) is 113 cm³/mol. The highest BCUT2D eigenvalue weighted by molar-refractivity contribution is 6.30. The molecule has 1 saturated carbocycles. The number of amides is 1. The van der Waals surface area contributed by atoms with E-state index in [0.29, 0.717) is 17.6 Å². The smallest absolute Gasteiger partial charge is 0.325 e. The Morgan fingerprint density at radius 3 is 2.45 bits per heavy atom. The summed E-state index contributed by atoms with van der Waals surface area (Å²) in [6, 6.07) is 7.43. The summed E-state index contributed by atoms with van der Waals surface area (Å²) in [7, 11) is 1.74. The van der Waals surface area contributed by atoms with Crippen molar-refractivity contribution in [2.75, 3.05) is 25.0 Å². The molecule has 156 valence electrons. The molecule has 1 aromatic carbocycles. The maximum atomic E-state index is 12.6. The number of piperidine rings is 1. The highest BCUT2D eigenvalue weighted by Gasteiger charge is 2.30. The molecule has 2 aromatic rings.